The van der Waals surface area contributed by atoms with Crippen LogP contribution in [-0.4, -0.2) is 77.6 Å². The van der Waals surface area contributed by atoms with E-state index in [1.165, 1.54) is 0 Å². The molecule has 1 aliphatic heterocycles. The van der Waals surface area contributed by atoms with Crippen molar-refractivity contribution in [2.75, 3.05) is 45.9 Å². The second-order valence-electron chi connectivity index (χ2n) is 7.66. The van der Waals surface area contributed by atoms with Crippen molar-refractivity contribution in [2.24, 2.45) is 0 Å². The zero-order valence-corrected chi connectivity index (χ0v) is 19.2. The summed E-state index contributed by atoms with van der Waals surface area (Å²) in [6.45, 7) is 3.84. The fourth-order valence-electron chi connectivity index (χ4n) is 3.60. The quantitative estimate of drug-likeness (QED) is 0.516. The minimum absolute atomic E-state index is 0.0536. The maximum atomic E-state index is 13.1. The maximum Gasteiger partial charge on any atom is 0.411 e. The Morgan fingerprint density at radius 2 is 1.84 bits per heavy atom. The first-order valence-electron chi connectivity index (χ1n) is 10.3. The van der Waals surface area contributed by atoms with E-state index in [4.69, 9.17) is 23.2 Å². The summed E-state index contributed by atoms with van der Waals surface area (Å²) in [6.07, 6.45) is -3.80. The molecule has 0 spiro atoms. The molecular weight excluding hydrogens is 468 g/mol. The number of halogens is 5. The van der Waals surface area contributed by atoms with Gasteiger partial charge in [-0.15, -0.1) is 0 Å². The van der Waals surface area contributed by atoms with Crippen LogP contribution < -0.4 is 0 Å². The van der Waals surface area contributed by atoms with E-state index < -0.39 is 12.8 Å². The Kier molecular flexibility index (Phi) is 8.43. The van der Waals surface area contributed by atoms with E-state index in [9.17, 15) is 18.0 Å². The average molecular weight is 493 g/mol. The SMILES string of the molecule is Cc1nn(Cc2ccccc2Cl)c(Cl)c1C(=O)N1CCN(CCCOCC(F)(F)F)CC1. The first-order valence-corrected chi connectivity index (χ1v) is 11.0. The lowest BCUT2D eigenvalue weighted by Crippen LogP contribution is -2.49. The van der Waals surface area contributed by atoms with Gasteiger partial charge in [0.25, 0.3) is 5.91 Å². The molecule has 1 amide bonds. The van der Waals surface area contributed by atoms with E-state index in [0.29, 0.717) is 62.0 Å². The zero-order valence-electron chi connectivity index (χ0n) is 17.7. The van der Waals surface area contributed by atoms with Gasteiger partial charge >= 0.3 is 6.18 Å². The number of carbonyl (C=O) groups excluding carboxylic acids is 1. The second-order valence-corrected chi connectivity index (χ2v) is 8.42. The highest BCUT2D eigenvalue weighted by Crippen LogP contribution is 2.25. The van der Waals surface area contributed by atoms with Crippen LogP contribution in [0.15, 0.2) is 24.3 Å². The van der Waals surface area contributed by atoms with Gasteiger partial charge in [-0.2, -0.15) is 18.3 Å². The molecule has 0 bridgehead atoms. The third-order valence-electron chi connectivity index (χ3n) is 5.25. The normalized spacial score (nSPS) is 15.4. The van der Waals surface area contributed by atoms with Crippen molar-refractivity contribution in [3.05, 3.63) is 51.3 Å². The van der Waals surface area contributed by atoms with Gasteiger partial charge in [0, 0.05) is 44.4 Å². The third-order valence-corrected chi connectivity index (χ3v) is 6.00. The number of benzene rings is 1. The lowest BCUT2D eigenvalue weighted by atomic mass is 10.2. The Labute approximate surface area is 194 Å². The standard InChI is InChI=1S/C21H25Cl2F3N4O2/c1-15-18(19(23)30(27-15)13-16-5-2-3-6-17(16)22)20(31)29-10-8-28(9-11-29)7-4-12-32-14-21(24,25)26/h2-3,5-6H,4,7-14H2,1H3. The molecule has 0 N–H and O–H groups in total. The Balaban J connectivity index is 1.52. The summed E-state index contributed by atoms with van der Waals surface area (Å²) in [5.74, 6) is -0.175. The number of carbonyl (C=O) groups is 1. The van der Waals surface area contributed by atoms with Crippen LogP contribution in [0.2, 0.25) is 10.2 Å². The van der Waals surface area contributed by atoms with Crippen molar-refractivity contribution in [3.8, 4) is 0 Å². The molecule has 1 aliphatic rings. The fourth-order valence-corrected chi connectivity index (χ4v) is 4.11. The number of rotatable bonds is 8. The maximum absolute atomic E-state index is 13.1. The summed E-state index contributed by atoms with van der Waals surface area (Å²) in [5, 5.41) is 5.30. The van der Waals surface area contributed by atoms with Gasteiger partial charge in [0.2, 0.25) is 0 Å². The van der Waals surface area contributed by atoms with Gasteiger partial charge in [-0.3, -0.25) is 9.69 Å². The number of aromatic nitrogens is 2. The van der Waals surface area contributed by atoms with E-state index in [0.717, 1.165) is 5.56 Å². The van der Waals surface area contributed by atoms with Crippen molar-refractivity contribution in [2.45, 2.75) is 26.1 Å². The molecule has 2 aromatic rings. The number of alkyl halides is 3. The molecule has 11 heteroatoms. The van der Waals surface area contributed by atoms with Crippen LogP contribution in [-0.2, 0) is 11.3 Å². The lowest BCUT2D eigenvalue weighted by molar-refractivity contribution is -0.174. The first-order chi connectivity index (χ1) is 15.2. The molecule has 1 fully saturated rings. The highest BCUT2D eigenvalue weighted by atomic mass is 35.5. The van der Waals surface area contributed by atoms with E-state index in [-0.39, 0.29) is 17.7 Å². The molecule has 0 aliphatic carbocycles. The minimum atomic E-state index is -4.30. The Hall–Kier alpha value is -1.81. The Bertz CT molecular complexity index is 928. The predicted octanol–water partition coefficient (Wildman–Crippen LogP) is 4.27. The van der Waals surface area contributed by atoms with Gasteiger partial charge < -0.3 is 9.64 Å². The van der Waals surface area contributed by atoms with Gasteiger partial charge in [0.15, 0.2) is 0 Å². The molecule has 6 nitrogen and oxygen atoms in total. The summed E-state index contributed by atoms with van der Waals surface area (Å²) >= 11 is 12.7. The molecule has 0 atom stereocenters. The molecule has 32 heavy (non-hydrogen) atoms. The summed E-state index contributed by atoms with van der Waals surface area (Å²) in [5.41, 5.74) is 1.79. The van der Waals surface area contributed by atoms with Gasteiger partial charge in [-0.25, -0.2) is 4.68 Å². The minimum Gasteiger partial charge on any atom is -0.372 e. The molecule has 0 radical (unpaired) electrons. The summed E-state index contributed by atoms with van der Waals surface area (Å²) in [4.78, 5) is 16.9. The van der Waals surface area contributed by atoms with Gasteiger partial charge in [0.05, 0.1) is 17.8 Å². The van der Waals surface area contributed by atoms with Crippen molar-refractivity contribution < 1.29 is 22.7 Å². The number of amides is 1. The van der Waals surface area contributed by atoms with E-state index in [1.54, 1.807) is 22.6 Å². The highest BCUT2D eigenvalue weighted by molar-refractivity contribution is 6.33. The number of hydrogen-bond acceptors (Lipinski definition) is 4. The number of hydrogen-bond donors (Lipinski definition) is 0. The topological polar surface area (TPSA) is 50.6 Å². The first kappa shape index (κ1) is 24.8. The molecule has 176 valence electrons. The van der Waals surface area contributed by atoms with Gasteiger partial charge in [-0.1, -0.05) is 41.4 Å². The molecule has 0 unspecified atom stereocenters. The molecule has 3 rings (SSSR count). The van der Waals surface area contributed by atoms with Crippen molar-refractivity contribution in [3.63, 3.8) is 0 Å². The smallest absolute Gasteiger partial charge is 0.372 e. The van der Waals surface area contributed by atoms with Crippen LogP contribution in [0.3, 0.4) is 0 Å². The average Bonchev–Trinajstić information content (AvgIpc) is 3.01. The highest BCUT2D eigenvalue weighted by Gasteiger charge is 2.29. The largest absolute Gasteiger partial charge is 0.411 e. The molecule has 2 heterocycles. The van der Waals surface area contributed by atoms with Crippen molar-refractivity contribution in [1.82, 2.24) is 19.6 Å². The second kappa shape index (κ2) is 10.9. The Morgan fingerprint density at radius 3 is 2.50 bits per heavy atom. The van der Waals surface area contributed by atoms with E-state index in [1.807, 2.05) is 18.2 Å². The van der Waals surface area contributed by atoms with Crippen LogP contribution in [0, 0.1) is 6.92 Å². The van der Waals surface area contributed by atoms with Crippen molar-refractivity contribution in [1.29, 1.82) is 0 Å². The molecule has 1 aromatic heterocycles. The summed E-state index contributed by atoms with van der Waals surface area (Å²) < 4.78 is 42.5. The molecule has 0 saturated carbocycles. The lowest BCUT2D eigenvalue weighted by Gasteiger charge is -2.34. The van der Waals surface area contributed by atoms with Gasteiger partial charge in [-0.05, 0) is 25.0 Å². The number of nitrogens with zero attached hydrogens (tertiary/aromatic N) is 4. The van der Waals surface area contributed by atoms with Crippen molar-refractivity contribution >= 4 is 29.1 Å². The fraction of sp³-hybridized carbons (Fsp3) is 0.524. The summed E-state index contributed by atoms with van der Waals surface area (Å²) in [6, 6.07) is 7.38. The van der Waals surface area contributed by atoms with E-state index in [2.05, 4.69) is 14.7 Å². The van der Waals surface area contributed by atoms with Crippen LogP contribution in [0.5, 0.6) is 0 Å². The van der Waals surface area contributed by atoms with Crippen LogP contribution in [0.1, 0.15) is 28.0 Å². The third kappa shape index (κ3) is 6.60. The number of piperazine rings is 1. The molecular formula is C21H25Cl2F3N4O2. The van der Waals surface area contributed by atoms with Crippen LogP contribution >= 0.6 is 23.2 Å². The molecule has 1 saturated heterocycles. The zero-order chi connectivity index (χ0) is 23.3. The predicted molar refractivity (Wildman–Crippen MR) is 116 cm³/mol. The van der Waals surface area contributed by atoms with Crippen LogP contribution in [0.4, 0.5) is 13.2 Å². The number of ether oxygens (including phenoxy) is 1. The molecule has 1 aromatic carbocycles. The number of aryl methyl sites for hydroxylation is 1. The monoisotopic (exact) mass is 492 g/mol. The Morgan fingerprint density at radius 1 is 1.16 bits per heavy atom. The van der Waals surface area contributed by atoms with E-state index >= 15 is 0 Å². The van der Waals surface area contributed by atoms with Crippen LogP contribution in [0.25, 0.3) is 0 Å². The van der Waals surface area contributed by atoms with Gasteiger partial charge in [0.1, 0.15) is 11.8 Å². The summed E-state index contributed by atoms with van der Waals surface area (Å²) in [7, 11) is 0.